The van der Waals surface area contributed by atoms with Crippen LogP contribution >= 0.6 is 0 Å². The van der Waals surface area contributed by atoms with Gasteiger partial charge in [0.1, 0.15) is 0 Å². The van der Waals surface area contributed by atoms with Crippen LogP contribution in [0.15, 0.2) is 35.3 Å². The van der Waals surface area contributed by atoms with Crippen LogP contribution in [0.3, 0.4) is 0 Å². The highest BCUT2D eigenvalue weighted by atomic mass is 16.1. The first kappa shape index (κ1) is 9.00. The zero-order valence-corrected chi connectivity index (χ0v) is 8.45. The lowest BCUT2D eigenvalue weighted by Crippen LogP contribution is -2.18. The molecule has 0 radical (unpaired) electrons. The molecule has 2 aromatic rings. The van der Waals surface area contributed by atoms with Crippen molar-refractivity contribution >= 4 is 10.8 Å². The third kappa shape index (κ3) is 1.23. The molecule has 2 rings (SSSR count). The van der Waals surface area contributed by atoms with Crippen LogP contribution < -0.4 is 5.56 Å². The Balaban J connectivity index is 2.94. The summed E-state index contributed by atoms with van der Waals surface area (Å²) < 4.78 is 1.73. The molecule has 0 fully saturated rings. The summed E-state index contributed by atoms with van der Waals surface area (Å²) in [7, 11) is 0. The molecule has 14 heavy (non-hydrogen) atoms. The van der Waals surface area contributed by atoms with E-state index in [0.29, 0.717) is 0 Å². The third-order valence-electron chi connectivity index (χ3n) is 2.55. The fraction of sp³-hybridized carbons (Fsp3) is 0.250. The van der Waals surface area contributed by atoms with E-state index in [2.05, 4.69) is 0 Å². The van der Waals surface area contributed by atoms with Gasteiger partial charge in [-0.05, 0) is 30.9 Å². The van der Waals surface area contributed by atoms with E-state index >= 15 is 0 Å². The van der Waals surface area contributed by atoms with Gasteiger partial charge in [-0.3, -0.25) is 4.79 Å². The molecule has 0 unspecified atom stereocenters. The first-order valence-electron chi connectivity index (χ1n) is 4.83. The second kappa shape index (κ2) is 3.29. The average Bonchev–Trinajstić information content (AvgIpc) is 2.18. The van der Waals surface area contributed by atoms with Crippen molar-refractivity contribution in [2.24, 2.45) is 0 Å². The maximum atomic E-state index is 11.9. The highest BCUT2D eigenvalue weighted by Crippen LogP contribution is 2.13. The van der Waals surface area contributed by atoms with Crippen LogP contribution in [0.25, 0.3) is 10.8 Å². The molecule has 0 saturated carbocycles. The summed E-state index contributed by atoms with van der Waals surface area (Å²) in [5, 5.41) is 1.87. The molecule has 0 N–H and O–H groups in total. The molecule has 0 aliphatic rings. The summed E-state index contributed by atoms with van der Waals surface area (Å²) in [5.41, 5.74) is 1.17. The minimum Gasteiger partial charge on any atom is -0.315 e. The van der Waals surface area contributed by atoms with E-state index in [1.807, 2.05) is 44.3 Å². The summed E-state index contributed by atoms with van der Waals surface area (Å²) in [6.07, 6.45) is 1.85. The topological polar surface area (TPSA) is 22.0 Å². The SMILES string of the molecule is CCn1ccc2cccc(C)c2c1=O. The number of hydrogen-bond acceptors (Lipinski definition) is 1. The van der Waals surface area contributed by atoms with E-state index in [1.54, 1.807) is 4.57 Å². The lowest BCUT2D eigenvalue weighted by molar-refractivity contribution is 0.734. The minimum absolute atomic E-state index is 0.114. The fourth-order valence-corrected chi connectivity index (χ4v) is 1.75. The zero-order valence-electron chi connectivity index (χ0n) is 8.45. The molecule has 0 aliphatic carbocycles. The van der Waals surface area contributed by atoms with Gasteiger partial charge in [0.05, 0.1) is 5.39 Å². The van der Waals surface area contributed by atoms with Crippen molar-refractivity contribution < 1.29 is 0 Å². The highest BCUT2D eigenvalue weighted by molar-refractivity contribution is 5.84. The number of fused-ring (bicyclic) bond motifs is 1. The van der Waals surface area contributed by atoms with E-state index in [9.17, 15) is 4.79 Å². The average molecular weight is 187 g/mol. The first-order chi connectivity index (χ1) is 6.74. The summed E-state index contributed by atoms with van der Waals surface area (Å²) in [6, 6.07) is 7.92. The largest absolute Gasteiger partial charge is 0.315 e. The number of hydrogen-bond donors (Lipinski definition) is 0. The maximum Gasteiger partial charge on any atom is 0.258 e. The number of pyridine rings is 1. The molecular formula is C12H13NO. The Labute approximate surface area is 82.8 Å². The van der Waals surface area contributed by atoms with Crippen LogP contribution in [0.1, 0.15) is 12.5 Å². The lowest BCUT2D eigenvalue weighted by atomic mass is 10.1. The second-order valence-corrected chi connectivity index (χ2v) is 3.45. The summed E-state index contributed by atoms with van der Waals surface area (Å²) >= 11 is 0. The Kier molecular flexibility index (Phi) is 2.12. The van der Waals surface area contributed by atoms with E-state index in [4.69, 9.17) is 0 Å². The fourth-order valence-electron chi connectivity index (χ4n) is 1.75. The second-order valence-electron chi connectivity index (χ2n) is 3.45. The molecule has 0 amide bonds. The molecule has 0 bridgehead atoms. The molecule has 0 aliphatic heterocycles. The van der Waals surface area contributed by atoms with Gasteiger partial charge in [-0.1, -0.05) is 18.2 Å². The number of aryl methyl sites for hydroxylation is 2. The quantitative estimate of drug-likeness (QED) is 0.671. The van der Waals surface area contributed by atoms with Crippen LogP contribution in [0.2, 0.25) is 0 Å². The standard InChI is InChI=1S/C12H13NO/c1-3-13-8-7-10-6-4-5-9(2)11(10)12(13)14/h4-8H,3H2,1-2H3. The number of rotatable bonds is 1. The monoisotopic (exact) mass is 187 g/mol. The third-order valence-corrected chi connectivity index (χ3v) is 2.55. The van der Waals surface area contributed by atoms with Crippen molar-refractivity contribution in [1.82, 2.24) is 4.57 Å². The van der Waals surface area contributed by atoms with Gasteiger partial charge in [-0.25, -0.2) is 0 Å². The van der Waals surface area contributed by atoms with Crippen LogP contribution in [-0.4, -0.2) is 4.57 Å². The van der Waals surface area contributed by atoms with Crippen molar-refractivity contribution in [2.75, 3.05) is 0 Å². The van der Waals surface area contributed by atoms with Crippen LogP contribution in [0.4, 0.5) is 0 Å². The Morgan fingerprint density at radius 1 is 1.29 bits per heavy atom. The van der Waals surface area contributed by atoms with E-state index in [-0.39, 0.29) is 5.56 Å². The summed E-state index contributed by atoms with van der Waals surface area (Å²) in [5.74, 6) is 0. The van der Waals surface area contributed by atoms with Gasteiger partial charge in [-0.2, -0.15) is 0 Å². The van der Waals surface area contributed by atoms with Crippen LogP contribution in [-0.2, 0) is 6.54 Å². The molecule has 1 aromatic carbocycles. The van der Waals surface area contributed by atoms with Crippen LogP contribution in [0, 0.1) is 6.92 Å². The van der Waals surface area contributed by atoms with Crippen molar-refractivity contribution in [2.45, 2.75) is 20.4 Å². The molecule has 72 valence electrons. The van der Waals surface area contributed by atoms with Crippen molar-refractivity contribution in [3.63, 3.8) is 0 Å². The Morgan fingerprint density at radius 2 is 2.07 bits per heavy atom. The summed E-state index contributed by atoms with van der Waals surface area (Å²) in [6.45, 7) is 4.68. The van der Waals surface area contributed by atoms with Crippen molar-refractivity contribution in [1.29, 1.82) is 0 Å². The van der Waals surface area contributed by atoms with E-state index in [0.717, 1.165) is 22.9 Å². The highest BCUT2D eigenvalue weighted by Gasteiger charge is 2.02. The molecule has 1 aromatic heterocycles. The molecule has 0 atom stereocenters. The van der Waals surface area contributed by atoms with Crippen molar-refractivity contribution in [3.8, 4) is 0 Å². The number of nitrogens with zero attached hydrogens (tertiary/aromatic N) is 1. The smallest absolute Gasteiger partial charge is 0.258 e. The molecular weight excluding hydrogens is 174 g/mol. The zero-order chi connectivity index (χ0) is 10.1. The molecule has 0 saturated heterocycles. The summed E-state index contributed by atoms with van der Waals surface area (Å²) in [4.78, 5) is 11.9. The molecule has 2 heteroatoms. The van der Waals surface area contributed by atoms with E-state index in [1.165, 1.54) is 0 Å². The molecule has 1 heterocycles. The van der Waals surface area contributed by atoms with Gasteiger partial charge in [-0.15, -0.1) is 0 Å². The Hall–Kier alpha value is -1.57. The van der Waals surface area contributed by atoms with Crippen LogP contribution in [0.5, 0.6) is 0 Å². The predicted molar refractivity (Wildman–Crippen MR) is 58.6 cm³/mol. The predicted octanol–water partition coefficient (Wildman–Crippen LogP) is 2.33. The van der Waals surface area contributed by atoms with Crippen molar-refractivity contribution in [3.05, 3.63) is 46.4 Å². The van der Waals surface area contributed by atoms with Gasteiger partial charge >= 0.3 is 0 Å². The van der Waals surface area contributed by atoms with Gasteiger partial charge in [0, 0.05) is 12.7 Å². The van der Waals surface area contributed by atoms with Gasteiger partial charge in [0.25, 0.3) is 5.56 Å². The minimum atomic E-state index is 0.114. The molecule has 2 nitrogen and oxygen atoms in total. The van der Waals surface area contributed by atoms with E-state index < -0.39 is 0 Å². The van der Waals surface area contributed by atoms with Gasteiger partial charge in [0.15, 0.2) is 0 Å². The Bertz CT molecular complexity index is 525. The number of aromatic nitrogens is 1. The first-order valence-corrected chi connectivity index (χ1v) is 4.83. The maximum absolute atomic E-state index is 11.9. The van der Waals surface area contributed by atoms with Gasteiger partial charge < -0.3 is 4.57 Å². The van der Waals surface area contributed by atoms with Gasteiger partial charge in [0.2, 0.25) is 0 Å². The molecule has 0 spiro atoms. The normalized spacial score (nSPS) is 10.7. The Morgan fingerprint density at radius 3 is 2.79 bits per heavy atom. The lowest BCUT2D eigenvalue weighted by Gasteiger charge is -2.05. The number of benzene rings is 1.